The Hall–Kier alpha value is -3.22. The minimum Gasteiger partial charge on any atom is -0.320 e. The number of halogens is 1. The van der Waals surface area contributed by atoms with Gasteiger partial charge in [0.2, 0.25) is 11.9 Å². The quantitative estimate of drug-likeness (QED) is 0.787. The molecule has 132 valence electrons. The van der Waals surface area contributed by atoms with Crippen molar-refractivity contribution in [1.29, 1.82) is 0 Å². The molecule has 0 spiro atoms. The van der Waals surface area contributed by atoms with Crippen LogP contribution in [0.15, 0.2) is 42.6 Å². The SMILES string of the molecule is Cc1cc(NC(=O)c2nc3ccccn3c2F)ccc1N1CCCC1=O. The van der Waals surface area contributed by atoms with Gasteiger partial charge in [-0.25, -0.2) is 4.98 Å². The standard InChI is InChI=1S/C19H17FN4O2/c1-12-11-13(7-8-14(12)23-10-4-6-16(23)25)21-19(26)17-18(20)24-9-3-2-5-15(24)22-17/h2-3,5,7-9,11H,4,6,10H2,1H3,(H,21,26). The fourth-order valence-corrected chi connectivity index (χ4v) is 3.24. The lowest BCUT2D eigenvalue weighted by Crippen LogP contribution is -2.24. The average Bonchev–Trinajstić information content (AvgIpc) is 3.19. The Labute approximate surface area is 149 Å². The van der Waals surface area contributed by atoms with Crippen molar-refractivity contribution >= 4 is 28.8 Å². The molecule has 1 aromatic carbocycles. The molecule has 0 atom stereocenters. The summed E-state index contributed by atoms with van der Waals surface area (Å²) in [4.78, 5) is 30.1. The molecular weight excluding hydrogens is 335 g/mol. The summed E-state index contributed by atoms with van der Waals surface area (Å²) in [5.41, 5.74) is 2.35. The Morgan fingerprint density at radius 1 is 1.27 bits per heavy atom. The zero-order valence-corrected chi connectivity index (χ0v) is 14.2. The summed E-state index contributed by atoms with van der Waals surface area (Å²) in [5, 5.41) is 2.67. The van der Waals surface area contributed by atoms with E-state index in [1.54, 1.807) is 41.3 Å². The van der Waals surface area contributed by atoms with Crippen LogP contribution in [-0.4, -0.2) is 27.7 Å². The number of hydrogen-bond acceptors (Lipinski definition) is 3. The van der Waals surface area contributed by atoms with Crippen molar-refractivity contribution in [2.24, 2.45) is 0 Å². The number of hydrogen-bond donors (Lipinski definition) is 1. The molecule has 3 heterocycles. The average molecular weight is 352 g/mol. The number of carbonyl (C=O) groups is 2. The Morgan fingerprint density at radius 3 is 2.81 bits per heavy atom. The van der Waals surface area contributed by atoms with Crippen molar-refractivity contribution in [3.05, 3.63) is 59.8 Å². The highest BCUT2D eigenvalue weighted by atomic mass is 19.1. The smallest absolute Gasteiger partial charge is 0.279 e. The highest BCUT2D eigenvalue weighted by molar-refractivity contribution is 6.04. The van der Waals surface area contributed by atoms with Crippen molar-refractivity contribution in [2.45, 2.75) is 19.8 Å². The number of aromatic nitrogens is 2. The van der Waals surface area contributed by atoms with Crippen LogP contribution in [0, 0.1) is 12.9 Å². The van der Waals surface area contributed by atoms with Crippen LogP contribution in [0.1, 0.15) is 28.9 Å². The molecule has 2 amide bonds. The van der Waals surface area contributed by atoms with Gasteiger partial charge in [-0.3, -0.25) is 14.0 Å². The third-order valence-electron chi connectivity index (χ3n) is 4.51. The molecule has 6 nitrogen and oxygen atoms in total. The first-order chi connectivity index (χ1) is 12.5. The van der Waals surface area contributed by atoms with Gasteiger partial charge in [-0.05, 0) is 49.2 Å². The molecule has 1 aliphatic heterocycles. The van der Waals surface area contributed by atoms with E-state index in [1.165, 1.54) is 10.6 Å². The first kappa shape index (κ1) is 16.3. The van der Waals surface area contributed by atoms with E-state index in [0.29, 0.717) is 24.3 Å². The zero-order chi connectivity index (χ0) is 18.3. The molecule has 1 saturated heterocycles. The number of nitrogens with one attached hydrogen (secondary N) is 1. The zero-order valence-electron chi connectivity index (χ0n) is 14.2. The van der Waals surface area contributed by atoms with Crippen LogP contribution in [0.5, 0.6) is 0 Å². The topological polar surface area (TPSA) is 66.7 Å². The monoisotopic (exact) mass is 352 g/mol. The van der Waals surface area contributed by atoms with Gasteiger partial charge in [-0.2, -0.15) is 4.39 Å². The fraction of sp³-hybridized carbons (Fsp3) is 0.211. The van der Waals surface area contributed by atoms with Crippen LogP contribution < -0.4 is 10.2 Å². The maximum absolute atomic E-state index is 14.4. The van der Waals surface area contributed by atoms with E-state index < -0.39 is 11.9 Å². The molecular formula is C19H17FN4O2. The molecule has 0 bridgehead atoms. The summed E-state index contributed by atoms with van der Waals surface area (Å²) in [6, 6.07) is 10.3. The third kappa shape index (κ3) is 2.71. The minimum atomic E-state index is -0.700. The fourth-order valence-electron chi connectivity index (χ4n) is 3.24. The molecule has 7 heteroatoms. The predicted octanol–water partition coefficient (Wildman–Crippen LogP) is 3.16. The van der Waals surface area contributed by atoms with Crippen LogP contribution in [0.4, 0.5) is 15.8 Å². The van der Waals surface area contributed by atoms with Crippen molar-refractivity contribution in [3.63, 3.8) is 0 Å². The molecule has 2 aromatic heterocycles. The van der Waals surface area contributed by atoms with E-state index in [4.69, 9.17) is 0 Å². The Morgan fingerprint density at radius 2 is 2.12 bits per heavy atom. The lowest BCUT2D eigenvalue weighted by molar-refractivity contribution is -0.117. The number of fused-ring (bicyclic) bond motifs is 1. The molecule has 1 fully saturated rings. The number of anilines is 2. The summed E-state index contributed by atoms with van der Waals surface area (Å²) in [6.07, 6.45) is 2.93. The second-order valence-corrected chi connectivity index (χ2v) is 6.28. The number of nitrogens with zero attached hydrogens (tertiary/aromatic N) is 3. The summed E-state index contributed by atoms with van der Waals surface area (Å²) in [6.45, 7) is 2.58. The lowest BCUT2D eigenvalue weighted by atomic mass is 10.1. The van der Waals surface area contributed by atoms with Gasteiger partial charge < -0.3 is 10.2 Å². The summed E-state index contributed by atoms with van der Waals surface area (Å²) in [5.74, 6) is -1.21. The summed E-state index contributed by atoms with van der Waals surface area (Å²) < 4.78 is 15.6. The van der Waals surface area contributed by atoms with E-state index >= 15 is 0 Å². The highest BCUT2D eigenvalue weighted by Gasteiger charge is 2.23. The van der Waals surface area contributed by atoms with E-state index in [0.717, 1.165) is 17.7 Å². The molecule has 1 aliphatic rings. The molecule has 26 heavy (non-hydrogen) atoms. The molecule has 4 rings (SSSR count). The summed E-state index contributed by atoms with van der Waals surface area (Å²) in [7, 11) is 0. The van der Waals surface area contributed by atoms with Crippen molar-refractivity contribution in [2.75, 3.05) is 16.8 Å². The summed E-state index contributed by atoms with van der Waals surface area (Å²) >= 11 is 0. The first-order valence-electron chi connectivity index (χ1n) is 8.39. The largest absolute Gasteiger partial charge is 0.320 e. The number of carbonyl (C=O) groups excluding carboxylic acids is 2. The van der Waals surface area contributed by atoms with Crippen molar-refractivity contribution in [3.8, 4) is 0 Å². The highest BCUT2D eigenvalue weighted by Crippen LogP contribution is 2.27. The number of aryl methyl sites for hydroxylation is 1. The number of rotatable bonds is 3. The van der Waals surface area contributed by atoms with E-state index in [-0.39, 0.29) is 11.6 Å². The van der Waals surface area contributed by atoms with Crippen LogP contribution in [0.25, 0.3) is 5.65 Å². The van der Waals surface area contributed by atoms with Crippen molar-refractivity contribution in [1.82, 2.24) is 9.38 Å². The third-order valence-corrected chi connectivity index (χ3v) is 4.51. The Bertz CT molecular complexity index is 1030. The van der Waals surface area contributed by atoms with E-state index in [2.05, 4.69) is 10.3 Å². The van der Waals surface area contributed by atoms with Gasteiger partial charge in [0, 0.05) is 30.5 Å². The van der Waals surface area contributed by atoms with E-state index in [1.807, 2.05) is 6.92 Å². The molecule has 3 aromatic rings. The Balaban J connectivity index is 1.58. The lowest BCUT2D eigenvalue weighted by Gasteiger charge is -2.19. The van der Waals surface area contributed by atoms with Gasteiger partial charge in [0.05, 0.1) is 0 Å². The van der Waals surface area contributed by atoms with Gasteiger partial charge in [-0.1, -0.05) is 6.07 Å². The predicted molar refractivity (Wildman–Crippen MR) is 95.9 cm³/mol. The maximum Gasteiger partial charge on any atom is 0.279 e. The van der Waals surface area contributed by atoms with Gasteiger partial charge >= 0.3 is 0 Å². The second kappa shape index (κ2) is 6.25. The molecule has 0 unspecified atom stereocenters. The normalized spacial score (nSPS) is 14.2. The van der Waals surface area contributed by atoms with Crippen LogP contribution >= 0.6 is 0 Å². The van der Waals surface area contributed by atoms with Crippen LogP contribution in [0.2, 0.25) is 0 Å². The van der Waals surface area contributed by atoms with E-state index in [9.17, 15) is 14.0 Å². The van der Waals surface area contributed by atoms with Gasteiger partial charge in [0.25, 0.3) is 5.91 Å². The molecule has 0 radical (unpaired) electrons. The minimum absolute atomic E-state index is 0.108. The van der Waals surface area contributed by atoms with Gasteiger partial charge in [0.15, 0.2) is 5.69 Å². The van der Waals surface area contributed by atoms with Crippen LogP contribution in [0.3, 0.4) is 0 Å². The number of amides is 2. The van der Waals surface area contributed by atoms with Crippen LogP contribution in [-0.2, 0) is 4.79 Å². The number of pyridine rings is 1. The molecule has 0 saturated carbocycles. The van der Waals surface area contributed by atoms with Gasteiger partial charge in [-0.15, -0.1) is 0 Å². The first-order valence-corrected chi connectivity index (χ1v) is 8.39. The van der Waals surface area contributed by atoms with Crippen molar-refractivity contribution < 1.29 is 14.0 Å². The number of benzene rings is 1. The second-order valence-electron chi connectivity index (χ2n) is 6.28. The number of imidazole rings is 1. The molecule has 0 aliphatic carbocycles. The molecule has 1 N–H and O–H groups in total. The maximum atomic E-state index is 14.4. The Kier molecular flexibility index (Phi) is 3.91. The van der Waals surface area contributed by atoms with Gasteiger partial charge in [0.1, 0.15) is 5.65 Å².